The Balaban J connectivity index is 0.000000459. The Kier molecular flexibility index (Phi) is 9.20. The third-order valence-electron chi connectivity index (χ3n) is 3.20. The van der Waals surface area contributed by atoms with Crippen LogP contribution in [0.25, 0.3) is 0 Å². The number of carbonyl (C=O) groups is 1. The van der Waals surface area contributed by atoms with Gasteiger partial charge in [0.15, 0.2) is 5.78 Å². The average molecular weight is 262 g/mol. The minimum absolute atomic E-state index is 0.166. The van der Waals surface area contributed by atoms with Gasteiger partial charge in [-0.05, 0) is 36.8 Å². The molecule has 0 saturated heterocycles. The number of rotatable bonds is 5. The highest BCUT2D eigenvalue weighted by Gasteiger charge is 2.05. The number of ketones is 1. The molecule has 0 aliphatic carbocycles. The molecule has 0 atom stereocenters. The van der Waals surface area contributed by atoms with Crippen molar-refractivity contribution in [2.45, 2.75) is 67.2 Å². The Hall–Kier alpha value is -1.11. The lowest BCUT2D eigenvalue weighted by atomic mass is 9.98. The van der Waals surface area contributed by atoms with E-state index in [2.05, 4.69) is 40.7 Å². The van der Waals surface area contributed by atoms with Crippen LogP contribution in [0.4, 0.5) is 0 Å². The highest BCUT2D eigenvalue weighted by molar-refractivity contribution is 5.95. The van der Waals surface area contributed by atoms with E-state index in [1.54, 1.807) is 6.92 Å². The van der Waals surface area contributed by atoms with Gasteiger partial charge in [0.05, 0.1) is 0 Å². The molecule has 0 amide bonds. The molecule has 0 spiro atoms. The largest absolute Gasteiger partial charge is 0.295 e. The molecule has 1 aromatic rings. The van der Waals surface area contributed by atoms with Gasteiger partial charge in [0, 0.05) is 5.56 Å². The highest BCUT2D eigenvalue weighted by Crippen LogP contribution is 2.14. The second-order valence-corrected chi connectivity index (χ2v) is 5.44. The Morgan fingerprint density at radius 1 is 1.11 bits per heavy atom. The molecule has 0 fully saturated rings. The fraction of sp³-hybridized carbons (Fsp3) is 0.611. The topological polar surface area (TPSA) is 17.1 Å². The molecular weight excluding hydrogens is 232 g/mol. The van der Waals surface area contributed by atoms with Crippen LogP contribution in [0.5, 0.6) is 0 Å². The molecule has 0 aliphatic heterocycles. The van der Waals surface area contributed by atoms with Crippen LogP contribution in [-0.2, 0) is 12.8 Å². The number of hydrogen-bond donors (Lipinski definition) is 0. The summed E-state index contributed by atoms with van der Waals surface area (Å²) in [6.07, 6.45) is 4.67. The van der Waals surface area contributed by atoms with Gasteiger partial charge in [0.25, 0.3) is 0 Å². The Bertz CT molecular complexity index is 377. The summed E-state index contributed by atoms with van der Waals surface area (Å²) in [7, 11) is 0. The standard InChI is InChI=1S/C12H16O.C6H14/c1-4-10-6-7-12(9(3)13)11(5-2)8-10;1-4-5-6(2)3/h6-8H,4-5H2,1-3H3;6H,4-5H2,1-3H3. The van der Waals surface area contributed by atoms with Crippen LogP contribution >= 0.6 is 0 Å². The summed E-state index contributed by atoms with van der Waals surface area (Å²) in [4.78, 5) is 11.2. The van der Waals surface area contributed by atoms with Gasteiger partial charge in [-0.15, -0.1) is 0 Å². The predicted octanol–water partition coefficient (Wildman–Crippen LogP) is 5.46. The number of hydrogen-bond acceptors (Lipinski definition) is 1. The molecule has 0 heterocycles. The molecule has 0 aromatic heterocycles. The van der Waals surface area contributed by atoms with Gasteiger partial charge >= 0.3 is 0 Å². The average Bonchev–Trinajstić information content (AvgIpc) is 2.38. The van der Waals surface area contributed by atoms with Gasteiger partial charge in [0.2, 0.25) is 0 Å². The minimum Gasteiger partial charge on any atom is -0.295 e. The highest BCUT2D eigenvalue weighted by atomic mass is 16.1. The van der Waals surface area contributed by atoms with Crippen molar-refractivity contribution in [1.82, 2.24) is 0 Å². The lowest BCUT2D eigenvalue weighted by Gasteiger charge is -2.06. The van der Waals surface area contributed by atoms with E-state index in [0.29, 0.717) is 0 Å². The molecule has 0 N–H and O–H groups in total. The van der Waals surface area contributed by atoms with Crippen molar-refractivity contribution in [2.24, 2.45) is 5.92 Å². The lowest BCUT2D eigenvalue weighted by molar-refractivity contribution is 0.101. The van der Waals surface area contributed by atoms with Crippen LogP contribution in [0.2, 0.25) is 0 Å². The fourth-order valence-electron chi connectivity index (χ4n) is 2.08. The SMILES string of the molecule is CCCC(C)C.CCc1ccc(C(C)=O)c(CC)c1. The number of Topliss-reactive ketones (excluding diaryl/α,β-unsaturated/α-hetero) is 1. The van der Waals surface area contributed by atoms with Crippen molar-refractivity contribution in [3.05, 3.63) is 34.9 Å². The zero-order chi connectivity index (χ0) is 14.8. The van der Waals surface area contributed by atoms with Gasteiger partial charge < -0.3 is 0 Å². The van der Waals surface area contributed by atoms with Gasteiger partial charge in [-0.25, -0.2) is 0 Å². The van der Waals surface area contributed by atoms with Gasteiger partial charge in [-0.3, -0.25) is 4.79 Å². The third kappa shape index (κ3) is 7.15. The first-order chi connectivity index (χ1) is 8.96. The molecule has 0 aliphatic rings. The smallest absolute Gasteiger partial charge is 0.160 e. The van der Waals surface area contributed by atoms with Crippen LogP contribution in [0, 0.1) is 5.92 Å². The van der Waals surface area contributed by atoms with E-state index in [1.807, 2.05) is 12.1 Å². The quantitative estimate of drug-likeness (QED) is 0.644. The van der Waals surface area contributed by atoms with Crippen molar-refractivity contribution in [3.63, 3.8) is 0 Å². The molecular formula is C18H30O. The zero-order valence-electron chi connectivity index (χ0n) is 13.5. The van der Waals surface area contributed by atoms with Crippen LogP contribution < -0.4 is 0 Å². The molecule has 0 radical (unpaired) electrons. The van der Waals surface area contributed by atoms with E-state index >= 15 is 0 Å². The fourth-order valence-corrected chi connectivity index (χ4v) is 2.08. The summed E-state index contributed by atoms with van der Waals surface area (Å²) in [5, 5.41) is 0. The monoisotopic (exact) mass is 262 g/mol. The molecule has 19 heavy (non-hydrogen) atoms. The first-order valence-corrected chi connectivity index (χ1v) is 7.58. The Morgan fingerprint density at radius 2 is 1.74 bits per heavy atom. The Labute approximate surface area is 119 Å². The maximum atomic E-state index is 11.2. The molecule has 1 rings (SSSR count). The lowest BCUT2D eigenvalue weighted by Crippen LogP contribution is -1.99. The van der Waals surface area contributed by atoms with Crippen molar-refractivity contribution in [1.29, 1.82) is 0 Å². The summed E-state index contributed by atoms with van der Waals surface area (Å²) in [6, 6.07) is 6.12. The maximum Gasteiger partial charge on any atom is 0.160 e. The van der Waals surface area contributed by atoms with E-state index in [0.717, 1.165) is 24.3 Å². The first-order valence-electron chi connectivity index (χ1n) is 7.58. The van der Waals surface area contributed by atoms with Crippen molar-refractivity contribution in [3.8, 4) is 0 Å². The van der Waals surface area contributed by atoms with Crippen LogP contribution in [0.3, 0.4) is 0 Å². The summed E-state index contributed by atoms with van der Waals surface area (Å²) in [6.45, 7) is 12.6. The normalized spacial score (nSPS) is 10.1. The zero-order valence-corrected chi connectivity index (χ0v) is 13.5. The van der Waals surface area contributed by atoms with E-state index in [9.17, 15) is 4.79 Å². The van der Waals surface area contributed by atoms with Crippen molar-refractivity contribution in [2.75, 3.05) is 0 Å². The summed E-state index contributed by atoms with van der Waals surface area (Å²) in [5.41, 5.74) is 3.36. The molecule has 1 aromatic carbocycles. The van der Waals surface area contributed by atoms with Crippen molar-refractivity contribution >= 4 is 5.78 Å². The summed E-state index contributed by atoms with van der Waals surface area (Å²) < 4.78 is 0. The number of aryl methyl sites for hydroxylation is 2. The second-order valence-electron chi connectivity index (χ2n) is 5.44. The molecule has 108 valence electrons. The molecule has 0 bridgehead atoms. The first kappa shape index (κ1) is 17.9. The van der Waals surface area contributed by atoms with Gasteiger partial charge in [-0.2, -0.15) is 0 Å². The Morgan fingerprint density at radius 3 is 2.05 bits per heavy atom. The minimum atomic E-state index is 0.166. The van der Waals surface area contributed by atoms with E-state index in [-0.39, 0.29) is 5.78 Å². The molecule has 0 saturated carbocycles. The second kappa shape index (κ2) is 9.77. The van der Waals surface area contributed by atoms with Gasteiger partial charge in [-0.1, -0.05) is 65.7 Å². The summed E-state index contributed by atoms with van der Waals surface area (Å²) >= 11 is 0. The van der Waals surface area contributed by atoms with E-state index < -0.39 is 0 Å². The molecule has 1 nitrogen and oxygen atoms in total. The number of benzene rings is 1. The van der Waals surface area contributed by atoms with E-state index in [4.69, 9.17) is 0 Å². The van der Waals surface area contributed by atoms with Crippen LogP contribution in [0.1, 0.15) is 75.9 Å². The van der Waals surface area contributed by atoms with Gasteiger partial charge in [0.1, 0.15) is 0 Å². The van der Waals surface area contributed by atoms with Crippen molar-refractivity contribution < 1.29 is 4.79 Å². The van der Waals surface area contributed by atoms with Crippen LogP contribution in [0.15, 0.2) is 18.2 Å². The molecule has 1 heteroatoms. The predicted molar refractivity (Wildman–Crippen MR) is 84.9 cm³/mol. The van der Waals surface area contributed by atoms with E-state index in [1.165, 1.54) is 24.0 Å². The summed E-state index contributed by atoms with van der Waals surface area (Å²) in [5.74, 6) is 1.06. The maximum absolute atomic E-state index is 11.2. The third-order valence-corrected chi connectivity index (χ3v) is 3.20. The number of carbonyl (C=O) groups excluding carboxylic acids is 1. The van der Waals surface area contributed by atoms with Crippen LogP contribution in [-0.4, -0.2) is 5.78 Å². The molecule has 0 unspecified atom stereocenters.